The summed E-state index contributed by atoms with van der Waals surface area (Å²) in [6.07, 6.45) is 5.55. The summed E-state index contributed by atoms with van der Waals surface area (Å²) in [4.78, 5) is 0. The molecular weight excluding hydrogens is 188 g/mol. The van der Waals surface area contributed by atoms with Crippen LogP contribution in [0.4, 0.5) is 5.82 Å². The first-order valence-corrected chi connectivity index (χ1v) is 5.61. The van der Waals surface area contributed by atoms with E-state index in [0.29, 0.717) is 6.04 Å². The third-order valence-electron chi connectivity index (χ3n) is 2.75. The van der Waals surface area contributed by atoms with Crippen molar-refractivity contribution in [2.45, 2.75) is 32.2 Å². The van der Waals surface area contributed by atoms with E-state index in [1.165, 1.54) is 19.4 Å². The van der Waals surface area contributed by atoms with Crippen LogP contribution in [0.1, 0.15) is 24.8 Å². The van der Waals surface area contributed by atoms with Gasteiger partial charge in [0.15, 0.2) is 0 Å². The van der Waals surface area contributed by atoms with Crippen molar-refractivity contribution in [1.82, 2.24) is 15.5 Å². The van der Waals surface area contributed by atoms with Crippen molar-refractivity contribution in [3.63, 3.8) is 0 Å². The highest BCUT2D eigenvalue weighted by Gasteiger charge is 2.12. The van der Waals surface area contributed by atoms with E-state index in [9.17, 15) is 0 Å². The van der Waals surface area contributed by atoms with Gasteiger partial charge in [-0.1, -0.05) is 0 Å². The van der Waals surface area contributed by atoms with E-state index in [2.05, 4.69) is 20.8 Å². The fraction of sp³-hybridized carbons (Fsp3) is 0.636. The Kier molecular flexibility index (Phi) is 3.50. The first kappa shape index (κ1) is 10.4. The van der Waals surface area contributed by atoms with Gasteiger partial charge < -0.3 is 10.6 Å². The van der Waals surface area contributed by atoms with Gasteiger partial charge in [0.2, 0.25) is 0 Å². The fourth-order valence-electron chi connectivity index (χ4n) is 1.93. The second-order valence-electron chi connectivity index (χ2n) is 4.13. The van der Waals surface area contributed by atoms with E-state index >= 15 is 0 Å². The van der Waals surface area contributed by atoms with Crippen molar-refractivity contribution in [1.29, 1.82) is 0 Å². The minimum absolute atomic E-state index is 0.690. The molecule has 4 nitrogen and oxygen atoms in total. The predicted octanol–water partition coefficient (Wildman–Crippen LogP) is 1.34. The molecule has 1 atom stereocenters. The molecule has 1 saturated heterocycles. The lowest BCUT2D eigenvalue weighted by Crippen LogP contribution is -2.24. The summed E-state index contributed by atoms with van der Waals surface area (Å²) in [5, 5.41) is 14.7. The monoisotopic (exact) mass is 206 g/mol. The number of aryl methyl sites for hydroxylation is 1. The molecule has 1 aromatic heterocycles. The third kappa shape index (κ3) is 3.16. The second kappa shape index (κ2) is 5.07. The Morgan fingerprint density at radius 1 is 1.60 bits per heavy atom. The van der Waals surface area contributed by atoms with Crippen molar-refractivity contribution in [2.75, 3.05) is 18.4 Å². The largest absolute Gasteiger partial charge is 0.369 e. The molecule has 1 aromatic rings. The molecule has 1 fully saturated rings. The number of aromatic nitrogens is 2. The number of nitrogens with one attached hydrogen (secondary N) is 2. The van der Waals surface area contributed by atoms with Crippen LogP contribution >= 0.6 is 0 Å². The molecule has 0 saturated carbocycles. The zero-order valence-corrected chi connectivity index (χ0v) is 9.16. The number of hydrogen-bond acceptors (Lipinski definition) is 4. The number of rotatable bonds is 4. The van der Waals surface area contributed by atoms with E-state index in [-0.39, 0.29) is 0 Å². The Morgan fingerprint density at radius 3 is 3.27 bits per heavy atom. The summed E-state index contributed by atoms with van der Waals surface area (Å²) in [5.41, 5.74) is 1.14. The van der Waals surface area contributed by atoms with Crippen molar-refractivity contribution < 1.29 is 0 Å². The molecule has 0 aromatic carbocycles. The first-order valence-electron chi connectivity index (χ1n) is 5.61. The summed E-state index contributed by atoms with van der Waals surface area (Å²) >= 11 is 0. The smallest absolute Gasteiger partial charge is 0.148 e. The van der Waals surface area contributed by atoms with Gasteiger partial charge in [0.25, 0.3) is 0 Å². The Labute approximate surface area is 90.5 Å². The number of nitrogens with zero attached hydrogens (tertiary/aromatic N) is 2. The Hall–Kier alpha value is -1.16. The van der Waals surface area contributed by atoms with Gasteiger partial charge in [-0.2, -0.15) is 5.10 Å². The van der Waals surface area contributed by atoms with E-state index in [1.54, 1.807) is 6.20 Å². The maximum Gasteiger partial charge on any atom is 0.148 e. The zero-order valence-electron chi connectivity index (χ0n) is 9.16. The average molecular weight is 206 g/mol. The first-order chi connectivity index (χ1) is 7.34. The Bertz CT molecular complexity index is 307. The van der Waals surface area contributed by atoms with E-state index < -0.39 is 0 Å². The van der Waals surface area contributed by atoms with E-state index in [1.807, 2.05) is 13.0 Å². The van der Waals surface area contributed by atoms with Crippen LogP contribution in [0.25, 0.3) is 0 Å². The highest BCUT2D eigenvalue weighted by atomic mass is 15.2. The van der Waals surface area contributed by atoms with Gasteiger partial charge in [0, 0.05) is 12.6 Å². The van der Waals surface area contributed by atoms with Crippen LogP contribution in [-0.2, 0) is 0 Å². The minimum Gasteiger partial charge on any atom is -0.369 e. The normalized spacial score (nSPS) is 20.5. The predicted molar refractivity (Wildman–Crippen MR) is 60.9 cm³/mol. The lowest BCUT2D eigenvalue weighted by atomic mass is 10.1. The molecule has 82 valence electrons. The van der Waals surface area contributed by atoms with Crippen LogP contribution in [0.3, 0.4) is 0 Å². The molecule has 0 radical (unpaired) electrons. The standard InChI is InChI=1S/C11H18N4/c1-9-7-11(15-14-8-9)13-6-4-10-3-2-5-12-10/h7-8,10,12H,2-6H2,1H3,(H,13,15). The zero-order chi connectivity index (χ0) is 10.5. The van der Waals surface area contributed by atoms with Crippen LogP contribution in [0.5, 0.6) is 0 Å². The molecule has 0 amide bonds. The highest BCUT2D eigenvalue weighted by Crippen LogP contribution is 2.09. The van der Waals surface area contributed by atoms with Crippen molar-refractivity contribution in [3.05, 3.63) is 17.8 Å². The highest BCUT2D eigenvalue weighted by molar-refractivity contribution is 5.34. The van der Waals surface area contributed by atoms with Gasteiger partial charge >= 0.3 is 0 Å². The summed E-state index contributed by atoms with van der Waals surface area (Å²) < 4.78 is 0. The quantitative estimate of drug-likeness (QED) is 0.780. The van der Waals surface area contributed by atoms with Crippen LogP contribution in [0.2, 0.25) is 0 Å². The van der Waals surface area contributed by atoms with Gasteiger partial charge in [0.1, 0.15) is 5.82 Å². The van der Waals surface area contributed by atoms with Crippen LogP contribution < -0.4 is 10.6 Å². The van der Waals surface area contributed by atoms with Crippen LogP contribution in [-0.4, -0.2) is 29.3 Å². The molecule has 2 N–H and O–H groups in total. The van der Waals surface area contributed by atoms with Gasteiger partial charge in [0.05, 0.1) is 6.20 Å². The molecule has 0 bridgehead atoms. The molecule has 15 heavy (non-hydrogen) atoms. The molecule has 1 aliphatic rings. The average Bonchev–Trinajstić information content (AvgIpc) is 2.71. The van der Waals surface area contributed by atoms with Gasteiger partial charge in [-0.05, 0) is 44.4 Å². The van der Waals surface area contributed by atoms with Crippen LogP contribution in [0.15, 0.2) is 12.3 Å². The van der Waals surface area contributed by atoms with E-state index in [0.717, 1.165) is 24.3 Å². The molecule has 2 rings (SSSR count). The number of hydrogen-bond donors (Lipinski definition) is 2. The van der Waals surface area contributed by atoms with Gasteiger partial charge in [-0.15, -0.1) is 5.10 Å². The minimum atomic E-state index is 0.690. The van der Waals surface area contributed by atoms with Crippen molar-refractivity contribution in [2.24, 2.45) is 0 Å². The van der Waals surface area contributed by atoms with Crippen molar-refractivity contribution >= 4 is 5.82 Å². The molecular formula is C11H18N4. The Balaban J connectivity index is 1.73. The van der Waals surface area contributed by atoms with Gasteiger partial charge in [-0.3, -0.25) is 0 Å². The fourth-order valence-corrected chi connectivity index (χ4v) is 1.93. The molecule has 0 spiro atoms. The molecule has 0 aliphatic carbocycles. The maximum atomic E-state index is 4.02. The lowest BCUT2D eigenvalue weighted by molar-refractivity contribution is 0.574. The Morgan fingerprint density at radius 2 is 2.53 bits per heavy atom. The van der Waals surface area contributed by atoms with Crippen LogP contribution in [0, 0.1) is 6.92 Å². The summed E-state index contributed by atoms with van der Waals surface area (Å²) in [5.74, 6) is 0.882. The third-order valence-corrected chi connectivity index (χ3v) is 2.75. The van der Waals surface area contributed by atoms with Crippen molar-refractivity contribution in [3.8, 4) is 0 Å². The second-order valence-corrected chi connectivity index (χ2v) is 4.13. The van der Waals surface area contributed by atoms with E-state index in [4.69, 9.17) is 0 Å². The number of anilines is 1. The topological polar surface area (TPSA) is 49.8 Å². The summed E-state index contributed by atoms with van der Waals surface area (Å²) in [7, 11) is 0. The molecule has 1 aliphatic heterocycles. The lowest BCUT2D eigenvalue weighted by Gasteiger charge is -2.10. The summed E-state index contributed by atoms with van der Waals surface area (Å²) in [6, 6.07) is 2.71. The molecule has 2 heterocycles. The molecule has 1 unspecified atom stereocenters. The maximum absolute atomic E-state index is 4.02. The SMILES string of the molecule is Cc1cnnc(NCCC2CCCN2)c1. The molecule has 4 heteroatoms. The summed E-state index contributed by atoms with van der Waals surface area (Å²) in [6.45, 7) is 4.17. The van der Waals surface area contributed by atoms with Gasteiger partial charge in [-0.25, -0.2) is 0 Å².